The van der Waals surface area contributed by atoms with E-state index in [2.05, 4.69) is 27.7 Å². The fraction of sp³-hybridized carbons (Fsp3) is 0.500. The summed E-state index contributed by atoms with van der Waals surface area (Å²) < 4.78 is 0. The van der Waals surface area contributed by atoms with Crippen molar-refractivity contribution in [3.05, 3.63) is 25.0 Å². The summed E-state index contributed by atoms with van der Waals surface area (Å²) >= 11 is 0. The summed E-state index contributed by atoms with van der Waals surface area (Å²) in [6, 6.07) is 0. The van der Waals surface area contributed by atoms with Crippen molar-refractivity contribution < 1.29 is 32.7 Å². The van der Waals surface area contributed by atoms with Gasteiger partial charge < -0.3 is 6.92 Å². The van der Waals surface area contributed by atoms with Crippen molar-refractivity contribution >= 4 is 0 Å². The van der Waals surface area contributed by atoms with Crippen LogP contribution < -0.4 is 0 Å². The summed E-state index contributed by atoms with van der Waals surface area (Å²) in [6.45, 7) is 11.8. The van der Waals surface area contributed by atoms with Gasteiger partial charge in [-0.2, -0.15) is 0 Å². The molecule has 0 amide bonds. The third-order valence-electron chi connectivity index (χ3n) is 1.41. The molecule has 0 aromatic carbocycles. The Balaban J connectivity index is 0. The van der Waals surface area contributed by atoms with Gasteiger partial charge in [0.05, 0.1) is 0 Å². The summed E-state index contributed by atoms with van der Waals surface area (Å²) in [6.07, 6.45) is 1.95. The van der Waals surface area contributed by atoms with Crippen molar-refractivity contribution in [1.82, 2.24) is 0 Å². The summed E-state index contributed by atoms with van der Waals surface area (Å²) in [5.41, 5.74) is 2.56. The minimum Gasteiger partial charge on any atom is -0.356 e. The maximum absolute atomic E-state index is 3.87. The minimum absolute atomic E-state index is 0. The molecule has 0 aliphatic heterocycles. The molecule has 0 saturated heterocycles. The SMILES string of the molecule is [CH2-]C/C(C)=C(\[CH2-])CC.[Y]. The zero-order chi connectivity index (χ0) is 6.57. The van der Waals surface area contributed by atoms with Crippen LogP contribution in [-0.4, -0.2) is 0 Å². The smallest absolute Gasteiger partial charge is 0 e. The normalized spacial score (nSPS) is 11.9. The van der Waals surface area contributed by atoms with Crippen LogP contribution >= 0.6 is 0 Å². The van der Waals surface area contributed by atoms with Crippen LogP contribution in [0.25, 0.3) is 0 Å². The first-order chi connectivity index (χ1) is 3.72. The Hall–Kier alpha value is 0.714. The van der Waals surface area contributed by atoms with Gasteiger partial charge in [-0.3, -0.25) is 0 Å². The molecule has 0 aromatic rings. The van der Waals surface area contributed by atoms with Crippen LogP contribution in [0.4, 0.5) is 0 Å². The molecule has 0 atom stereocenters. The van der Waals surface area contributed by atoms with Crippen molar-refractivity contribution in [3.63, 3.8) is 0 Å². The van der Waals surface area contributed by atoms with Crippen LogP contribution in [0.3, 0.4) is 0 Å². The monoisotopic (exact) mass is 199 g/mol. The van der Waals surface area contributed by atoms with E-state index in [9.17, 15) is 0 Å². The molecule has 9 heavy (non-hydrogen) atoms. The van der Waals surface area contributed by atoms with E-state index in [-0.39, 0.29) is 32.7 Å². The molecule has 0 N–H and O–H groups in total. The van der Waals surface area contributed by atoms with Crippen LogP contribution in [0.5, 0.6) is 0 Å². The van der Waals surface area contributed by atoms with Gasteiger partial charge in [-0.05, 0) is 0 Å². The van der Waals surface area contributed by atoms with Gasteiger partial charge in [0.15, 0.2) is 0 Å². The average molecular weight is 199 g/mol. The molecule has 0 heterocycles. The van der Waals surface area contributed by atoms with Gasteiger partial charge in [-0.1, -0.05) is 13.3 Å². The van der Waals surface area contributed by atoms with Gasteiger partial charge in [0.1, 0.15) is 0 Å². The van der Waals surface area contributed by atoms with E-state index in [1.54, 1.807) is 0 Å². The van der Waals surface area contributed by atoms with Crippen LogP contribution in [0, 0.1) is 13.8 Å². The van der Waals surface area contributed by atoms with E-state index in [1.807, 2.05) is 0 Å². The number of allylic oxidation sites excluding steroid dienone is 2. The Kier molecular flexibility index (Phi) is 9.41. The predicted molar refractivity (Wildman–Crippen MR) is 38.3 cm³/mol. The fourth-order valence-corrected chi connectivity index (χ4v) is 0.479. The molecule has 1 radical (unpaired) electrons. The van der Waals surface area contributed by atoms with Crippen molar-refractivity contribution in [2.45, 2.75) is 26.7 Å². The summed E-state index contributed by atoms with van der Waals surface area (Å²) in [5.74, 6) is 0. The molecule has 0 bridgehead atoms. The van der Waals surface area contributed by atoms with E-state index in [0.29, 0.717) is 0 Å². The first-order valence-electron chi connectivity index (χ1n) is 3.02. The number of rotatable bonds is 2. The maximum atomic E-state index is 3.87. The molecule has 0 aromatic heterocycles. The molecule has 0 saturated carbocycles. The fourth-order valence-electron chi connectivity index (χ4n) is 0.479. The third kappa shape index (κ3) is 5.17. The third-order valence-corrected chi connectivity index (χ3v) is 1.41. The van der Waals surface area contributed by atoms with Gasteiger partial charge in [0, 0.05) is 32.7 Å². The molecule has 0 nitrogen and oxygen atoms in total. The Morgan fingerprint density at radius 1 is 1.44 bits per heavy atom. The summed E-state index contributed by atoms with van der Waals surface area (Å²) in [5, 5.41) is 0. The molecule has 51 valence electrons. The van der Waals surface area contributed by atoms with Gasteiger partial charge in [0.25, 0.3) is 0 Å². The minimum atomic E-state index is 0. The Labute approximate surface area is 84.0 Å². The van der Waals surface area contributed by atoms with Crippen molar-refractivity contribution in [2.24, 2.45) is 0 Å². The maximum Gasteiger partial charge on any atom is 0 e. The second-order valence-electron chi connectivity index (χ2n) is 1.99. The standard InChI is InChI=1S/C8H14.Y/c1-5-7(3)8(4)6-2;/h1,4-6H2,2-3H3;/q-2;/b8-7+;. The first kappa shape index (κ1) is 12.4. The number of hydrogen-bond acceptors (Lipinski definition) is 0. The van der Waals surface area contributed by atoms with Crippen LogP contribution in [0.1, 0.15) is 26.7 Å². The first-order valence-corrected chi connectivity index (χ1v) is 3.02. The Morgan fingerprint density at radius 2 is 1.89 bits per heavy atom. The van der Waals surface area contributed by atoms with Crippen LogP contribution in [0.2, 0.25) is 0 Å². The van der Waals surface area contributed by atoms with Crippen LogP contribution in [-0.2, 0) is 32.7 Å². The van der Waals surface area contributed by atoms with E-state index in [4.69, 9.17) is 0 Å². The topological polar surface area (TPSA) is 0 Å². The van der Waals surface area contributed by atoms with E-state index in [1.165, 1.54) is 11.1 Å². The molecule has 0 fully saturated rings. The molecular weight excluding hydrogens is 185 g/mol. The van der Waals surface area contributed by atoms with Crippen molar-refractivity contribution in [2.75, 3.05) is 0 Å². The molecule has 1 heteroatoms. The molecule has 0 unspecified atom stereocenters. The van der Waals surface area contributed by atoms with Gasteiger partial charge in [-0.25, -0.2) is 24.5 Å². The van der Waals surface area contributed by atoms with Gasteiger partial charge in [-0.15, -0.1) is 6.92 Å². The van der Waals surface area contributed by atoms with E-state index in [0.717, 1.165) is 12.8 Å². The second-order valence-corrected chi connectivity index (χ2v) is 1.99. The average Bonchev–Trinajstić information content (AvgIpc) is 1.84. The van der Waals surface area contributed by atoms with E-state index >= 15 is 0 Å². The zero-order valence-corrected chi connectivity index (χ0v) is 9.24. The largest absolute Gasteiger partial charge is 0.356 e. The predicted octanol–water partition coefficient (Wildman–Crippen LogP) is 2.77. The molecule has 0 rings (SSSR count). The quantitative estimate of drug-likeness (QED) is 0.600. The van der Waals surface area contributed by atoms with Crippen molar-refractivity contribution in [1.29, 1.82) is 0 Å². The van der Waals surface area contributed by atoms with Gasteiger partial charge in [0.2, 0.25) is 0 Å². The zero-order valence-electron chi connectivity index (χ0n) is 6.41. The second kappa shape index (κ2) is 6.83. The Morgan fingerprint density at radius 3 is 2.00 bits per heavy atom. The van der Waals surface area contributed by atoms with E-state index < -0.39 is 0 Å². The number of hydrogen-bond donors (Lipinski definition) is 0. The summed E-state index contributed by atoms with van der Waals surface area (Å²) in [4.78, 5) is 0. The Bertz CT molecular complexity index is 80.7. The van der Waals surface area contributed by atoms with Crippen LogP contribution in [0.15, 0.2) is 11.1 Å². The molecule has 0 aliphatic rings. The summed E-state index contributed by atoms with van der Waals surface area (Å²) in [7, 11) is 0. The molecular formula is C8H14Y-2. The molecule has 0 aliphatic carbocycles. The van der Waals surface area contributed by atoms with Gasteiger partial charge >= 0.3 is 0 Å². The molecule has 0 spiro atoms. The van der Waals surface area contributed by atoms with Crippen molar-refractivity contribution in [3.8, 4) is 0 Å².